The SMILES string of the molecule is CCCOC(=O)c1cccc(NC(=O)c2cccc(NC3=C(Cl)C(=O)N(c4ccc(C)cc4C)C3=O)c2)c1. The number of amides is 3. The lowest BCUT2D eigenvalue weighted by Gasteiger charge is -2.18. The van der Waals surface area contributed by atoms with Crippen LogP contribution in [0.2, 0.25) is 0 Å². The van der Waals surface area contributed by atoms with Crippen molar-refractivity contribution in [3.63, 3.8) is 0 Å². The van der Waals surface area contributed by atoms with Gasteiger partial charge in [0.25, 0.3) is 17.7 Å². The molecule has 9 heteroatoms. The number of halogens is 1. The molecule has 0 aromatic heterocycles. The lowest BCUT2D eigenvalue weighted by atomic mass is 10.1. The zero-order valence-corrected chi connectivity index (χ0v) is 21.9. The number of carbonyl (C=O) groups is 4. The Balaban J connectivity index is 1.50. The zero-order valence-electron chi connectivity index (χ0n) is 21.1. The first kappa shape index (κ1) is 26.6. The number of carbonyl (C=O) groups excluding carboxylic acids is 4. The largest absolute Gasteiger partial charge is 0.462 e. The van der Waals surface area contributed by atoms with E-state index in [2.05, 4.69) is 10.6 Å². The van der Waals surface area contributed by atoms with Crippen molar-refractivity contribution < 1.29 is 23.9 Å². The van der Waals surface area contributed by atoms with Gasteiger partial charge < -0.3 is 15.4 Å². The normalized spacial score (nSPS) is 13.1. The van der Waals surface area contributed by atoms with E-state index in [1.54, 1.807) is 42.5 Å². The molecule has 8 nitrogen and oxygen atoms in total. The van der Waals surface area contributed by atoms with Crippen LogP contribution in [0.4, 0.5) is 17.1 Å². The number of aryl methyl sites for hydroxylation is 2. The van der Waals surface area contributed by atoms with Crippen molar-refractivity contribution in [1.82, 2.24) is 0 Å². The first-order valence-electron chi connectivity index (χ1n) is 12.0. The first-order valence-corrected chi connectivity index (χ1v) is 12.4. The highest BCUT2D eigenvalue weighted by atomic mass is 35.5. The van der Waals surface area contributed by atoms with Crippen LogP contribution in [0.5, 0.6) is 0 Å². The molecular weight excluding hydrogens is 506 g/mol. The number of hydrogen-bond acceptors (Lipinski definition) is 6. The van der Waals surface area contributed by atoms with E-state index >= 15 is 0 Å². The van der Waals surface area contributed by atoms with Gasteiger partial charge in [-0.2, -0.15) is 0 Å². The van der Waals surface area contributed by atoms with Crippen molar-refractivity contribution in [2.24, 2.45) is 0 Å². The maximum Gasteiger partial charge on any atom is 0.338 e. The Hall–Kier alpha value is -4.43. The summed E-state index contributed by atoms with van der Waals surface area (Å²) < 4.78 is 5.14. The minimum absolute atomic E-state index is 0.0764. The van der Waals surface area contributed by atoms with Crippen molar-refractivity contribution in [2.45, 2.75) is 27.2 Å². The van der Waals surface area contributed by atoms with Gasteiger partial charge in [-0.3, -0.25) is 14.4 Å². The van der Waals surface area contributed by atoms with Gasteiger partial charge >= 0.3 is 5.97 Å². The summed E-state index contributed by atoms with van der Waals surface area (Å²) >= 11 is 6.27. The van der Waals surface area contributed by atoms with Crippen LogP contribution in [0.1, 0.15) is 45.2 Å². The second-order valence-corrected chi connectivity index (χ2v) is 9.18. The van der Waals surface area contributed by atoms with Crippen LogP contribution in [0, 0.1) is 13.8 Å². The summed E-state index contributed by atoms with van der Waals surface area (Å²) in [6.45, 7) is 5.95. The van der Waals surface area contributed by atoms with Gasteiger partial charge in [0.1, 0.15) is 10.7 Å². The average Bonchev–Trinajstić information content (AvgIpc) is 3.10. The molecule has 38 heavy (non-hydrogen) atoms. The number of rotatable bonds is 8. The highest BCUT2D eigenvalue weighted by molar-refractivity contribution is 6.53. The molecule has 0 unspecified atom stereocenters. The Bertz CT molecular complexity index is 1480. The Morgan fingerprint density at radius 1 is 0.895 bits per heavy atom. The van der Waals surface area contributed by atoms with Gasteiger partial charge in [0.05, 0.1) is 17.9 Å². The van der Waals surface area contributed by atoms with E-state index in [1.165, 1.54) is 12.1 Å². The summed E-state index contributed by atoms with van der Waals surface area (Å²) in [5.41, 5.74) is 3.57. The Morgan fingerprint density at radius 2 is 1.58 bits per heavy atom. The van der Waals surface area contributed by atoms with E-state index in [0.717, 1.165) is 16.0 Å². The molecule has 1 aliphatic rings. The van der Waals surface area contributed by atoms with Gasteiger partial charge in [0, 0.05) is 16.9 Å². The fourth-order valence-corrected chi connectivity index (χ4v) is 4.19. The molecule has 0 saturated heterocycles. The first-order chi connectivity index (χ1) is 18.2. The summed E-state index contributed by atoms with van der Waals surface area (Å²) in [5, 5.41) is 5.41. The van der Waals surface area contributed by atoms with Gasteiger partial charge in [-0.05, 0) is 68.3 Å². The van der Waals surface area contributed by atoms with Crippen LogP contribution in [0.15, 0.2) is 77.5 Å². The van der Waals surface area contributed by atoms with E-state index in [-0.39, 0.29) is 16.3 Å². The lowest BCUT2D eigenvalue weighted by Crippen LogP contribution is -2.32. The predicted octanol–water partition coefficient (Wildman–Crippen LogP) is 5.56. The number of esters is 1. The molecule has 3 aromatic rings. The summed E-state index contributed by atoms with van der Waals surface area (Å²) in [7, 11) is 0. The van der Waals surface area contributed by atoms with E-state index in [1.807, 2.05) is 32.9 Å². The standard InChI is InChI=1S/C29H26ClN3O5/c1-4-13-38-29(37)20-8-6-10-22(16-20)32-26(34)19-7-5-9-21(15-19)31-25-24(30)27(35)33(28(25)36)23-12-11-17(2)14-18(23)3/h5-12,14-16,31H,4,13H2,1-3H3,(H,32,34). The van der Waals surface area contributed by atoms with Crippen LogP contribution < -0.4 is 15.5 Å². The molecule has 0 saturated carbocycles. The lowest BCUT2D eigenvalue weighted by molar-refractivity contribution is -0.120. The van der Waals surface area contributed by atoms with Crippen molar-refractivity contribution in [1.29, 1.82) is 0 Å². The van der Waals surface area contributed by atoms with Gasteiger partial charge in [0.2, 0.25) is 0 Å². The second-order valence-electron chi connectivity index (χ2n) is 8.80. The summed E-state index contributed by atoms with van der Waals surface area (Å²) in [6, 6.07) is 18.3. The Labute approximate surface area is 225 Å². The molecule has 0 aliphatic carbocycles. The number of hydrogen-bond donors (Lipinski definition) is 2. The van der Waals surface area contributed by atoms with Crippen molar-refractivity contribution in [2.75, 3.05) is 22.1 Å². The summed E-state index contributed by atoms with van der Waals surface area (Å²) in [6.07, 6.45) is 0.706. The van der Waals surface area contributed by atoms with Gasteiger partial charge in [-0.25, -0.2) is 9.69 Å². The van der Waals surface area contributed by atoms with Crippen LogP contribution >= 0.6 is 11.6 Å². The molecule has 0 fully saturated rings. The maximum absolute atomic E-state index is 13.2. The molecule has 0 bridgehead atoms. The minimum Gasteiger partial charge on any atom is -0.462 e. The third-order valence-corrected chi connectivity index (χ3v) is 6.16. The molecule has 0 radical (unpaired) electrons. The number of benzene rings is 3. The van der Waals surface area contributed by atoms with Gasteiger partial charge in [-0.15, -0.1) is 0 Å². The van der Waals surface area contributed by atoms with E-state index in [4.69, 9.17) is 16.3 Å². The predicted molar refractivity (Wildman–Crippen MR) is 146 cm³/mol. The molecule has 3 amide bonds. The number of imide groups is 1. The summed E-state index contributed by atoms with van der Waals surface area (Å²) in [4.78, 5) is 52.1. The van der Waals surface area contributed by atoms with Crippen molar-refractivity contribution in [3.8, 4) is 0 Å². The van der Waals surface area contributed by atoms with E-state index in [0.29, 0.717) is 35.7 Å². The van der Waals surface area contributed by atoms with Crippen LogP contribution in [0.25, 0.3) is 0 Å². The third-order valence-electron chi connectivity index (χ3n) is 5.81. The molecule has 4 rings (SSSR count). The van der Waals surface area contributed by atoms with E-state index < -0.39 is 23.7 Å². The van der Waals surface area contributed by atoms with Crippen LogP contribution in [-0.4, -0.2) is 30.3 Å². The van der Waals surface area contributed by atoms with Crippen molar-refractivity contribution in [3.05, 3.63) is 99.7 Å². The Kier molecular flexibility index (Phi) is 7.93. The fourth-order valence-electron chi connectivity index (χ4n) is 3.97. The Morgan fingerprint density at radius 3 is 2.29 bits per heavy atom. The average molecular weight is 532 g/mol. The molecule has 1 aliphatic heterocycles. The quantitative estimate of drug-likeness (QED) is 0.291. The molecule has 0 spiro atoms. The molecule has 1 heterocycles. The summed E-state index contributed by atoms with van der Waals surface area (Å²) in [5.74, 6) is -2.12. The smallest absolute Gasteiger partial charge is 0.338 e. The maximum atomic E-state index is 13.2. The topological polar surface area (TPSA) is 105 Å². The van der Waals surface area contributed by atoms with Gasteiger partial charge in [-0.1, -0.05) is 48.4 Å². The van der Waals surface area contributed by atoms with Gasteiger partial charge in [0.15, 0.2) is 0 Å². The molecule has 2 N–H and O–H groups in total. The number of nitrogens with one attached hydrogen (secondary N) is 2. The second kappa shape index (κ2) is 11.3. The highest BCUT2D eigenvalue weighted by Crippen LogP contribution is 2.32. The van der Waals surface area contributed by atoms with Crippen LogP contribution in [0.3, 0.4) is 0 Å². The minimum atomic E-state index is -0.627. The number of ether oxygens (including phenoxy) is 1. The van der Waals surface area contributed by atoms with E-state index in [9.17, 15) is 19.2 Å². The molecular formula is C29H26ClN3O5. The number of anilines is 3. The molecule has 3 aromatic carbocycles. The third kappa shape index (κ3) is 5.60. The molecule has 194 valence electrons. The number of nitrogens with zero attached hydrogens (tertiary/aromatic N) is 1. The van der Waals surface area contributed by atoms with Crippen LogP contribution in [-0.2, 0) is 14.3 Å². The highest BCUT2D eigenvalue weighted by Gasteiger charge is 2.39. The van der Waals surface area contributed by atoms with Crippen molar-refractivity contribution >= 4 is 52.4 Å². The molecule has 0 atom stereocenters. The zero-order chi connectivity index (χ0) is 27.4. The monoisotopic (exact) mass is 531 g/mol. The fraction of sp³-hybridized carbons (Fsp3) is 0.172.